The number of benzene rings is 1. The van der Waals surface area contributed by atoms with E-state index in [1.54, 1.807) is 0 Å². The quantitative estimate of drug-likeness (QED) is 0.596. The van der Waals surface area contributed by atoms with Gasteiger partial charge in [0, 0.05) is 18.7 Å². The molecule has 0 saturated heterocycles. The zero-order valence-corrected chi connectivity index (χ0v) is 13.5. The average molecular weight is 311 g/mol. The first-order valence-corrected chi connectivity index (χ1v) is 7.86. The fourth-order valence-corrected chi connectivity index (χ4v) is 3.02. The number of nitrogens with one attached hydrogen (secondary N) is 1. The van der Waals surface area contributed by atoms with E-state index in [0.29, 0.717) is 6.42 Å². The molecule has 0 bridgehead atoms. The lowest BCUT2D eigenvalue weighted by Gasteiger charge is -2.09. The number of nitrogens with two attached hydrogens (primary N) is 1. The van der Waals surface area contributed by atoms with E-state index in [9.17, 15) is 4.79 Å². The Hall–Kier alpha value is -1.22. The molecule has 1 saturated carbocycles. The van der Waals surface area contributed by atoms with Crippen LogP contribution in [-0.2, 0) is 11.2 Å². The molecule has 0 radical (unpaired) electrons. The number of carbonyl (C=O) groups excluding carboxylic acids is 1. The highest BCUT2D eigenvalue weighted by molar-refractivity contribution is 5.85. The second-order valence-electron chi connectivity index (χ2n) is 5.84. The topological polar surface area (TPSA) is 55.1 Å². The van der Waals surface area contributed by atoms with Crippen molar-refractivity contribution in [3.63, 3.8) is 0 Å². The summed E-state index contributed by atoms with van der Waals surface area (Å²) in [6.45, 7) is 0.819. The predicted octanol–water partition coefficient (Wildman–Crippen LogP) is 3.71. The van der Waals surface area contributed by atoms with E-state index in [1.165, 1.54) is 32.1 Å². The normalized spacial score (nSPS) is 14.7. The smallest absolute Gasteiger partial charge is 0.220 e. The Morgan fingerprint density at radius 2 is 1.95 bits per heavy atom. The first-order chi connectivity index (χ1) is 9.75. The maximum atomic E-state index is 11.8. The van der Waals surface area contributed by atoms with Crippen LogP contribution in [0.4, 0.5) is 5.69 Å². The fourth-order valence-electron chi connectivity index (χ4n) is 3.02. The Kier molecular flexibility index (Phi) is 8.21. The van der Waals surface area contributed by atoms with Crippen molar-refractivity contribution in [1.29, 1.82) is 0 Å². The van der Waals surface area contributed by atoms with Crippen LogP contribution >= 0.6 is 12.4 Å². The van der Waals surface area contributed by atoms with E-state index in [2.05, 4.69) is 5.32 Å². The molecular formula is C17H27ClN2O. The van der Waals surface area contributed by atoms with Gasteiger partial charge in [-0.15, -0.1) is 12.4 Å². The zero-order chi connectivity index (χ0) is 14.2. The Morgan fingerprint density at radius 1 is 1.24 bits per heavy atom. The number of hydrogen-bond donors (Lipinski definition) is 2. The van der Waals surface area contributed by atoms with Crippen molar-refractivity contribution in [1.82, 2.24) is 5.32 Å². The Morgan fingerprint density at radius 3 is 2.67 bits per heavy atom. The molecule has 4 heteroatoms. The number of nitrogen functional groups attached to an aromatic ring is 1. The van der Waals surface area contributed by atoms with Gasteiger partial charge in [-0.3, -0.25) is 4.79 Å². The number of hydrogen-bond acceptors (Lipinski definition) is 2. The fraction of sp³-hybridized carbons (Fsp3) is 0.588. The minimum absolute atomic E-state index is 0. The number of rotatable bonds is 7. The summed E-state index contributed by atoms with van der Waals surface area (Å²) in [5.41, 5.74) is 7.71. The number of para-hydroxylation sites is 1. The second kappa shape index (κ2) is 9.67. The molecule has 1 aliphatic carbocycles. The molecule has 0 unspecified atom stereocenters. The molecule has 0 atom stereocenters. The highest BCUT2D eigenvalue weighted by atomic mass is 35.5. The summed E-state index contributed by atoms with van der Waals surface area (Å²) in [5, 5.41) is 3.02. The summed E-state index contributed by atoms with van der Waals surface area (Å²) in [7, 11) is 0. The minimum atomic E-state index is 0. The number of anilines is 1. The maximum absolute atomic E-state index is 11.8. The summed E-state index contributed by atoms with van der Waals surface area (Å²) in [4.78, 5) is 11.8. The third-order valence-electron chi connectivity index (χ3n) is 4.26. The minimum Gasteiger partial charge on any atom is -0.399 e. The van der Waals surface area contributed by atoms with Crippen molar-refractivity contribution >= 4 is 24.0 Å². The summed E-state index contributed by atoms with van der Waals surface area (Å²) < 4.78 is 0. The van der Waals surface area contributed by atoms with Crippen LogP contribution < -0.4 is 11.1 Å². The van der Waals surface area contributed by atoms with Crippen LogP contribution in [0.25, 0.3) is 0 Å². The Bertz CT molecular complexity index is 431. The monoisotopic (exact) mass is 310 g/mol. The standard InChI is InChI=1S/C17H26N2O.ClH/c18-16-10-4-3-9-15(16)11-12-17(20)19-13-5-8-14-6-1-2-7-14;/h3-4,9-10,14H,1-2,5-8,11-13,18H2,(H,19,20);1H. The third-order valence-corrected chi connectivity index (χ3v) is 4.26. The van der Waals surface area contributed by atoms with Gasteiger partial charge in [0.15, 0.2) is 0 Å². The number of aryl methyl sites for hydroxylation is 1. The predicted molar refractivity (Wildman–Crippen MR) is 90.6 cm³/mol. The van der Waals surface area contributed by atoms with Crippen molar-refractivity contribution < 1.29 is 4.79 Å². The molecule has 0 spiro atoms. The molecule has 0 heterocycles. The number of amides is 1. The van der Waals surface area contributed by atoms with E-state index >= 15 is 0 Å². The molecule has 1 amide bonds. The maximum Gasteiger partial charge on any atom is 0.220 e. The van der Waals surface area contributed by atoms with Gasteiger partial charge in [0.05, 0.1) is 0 Å². The van der Waals surface area contributed by atoms with Crippen LogP contribution in [-0.4, -0.2) is 12.5 Å². The molecule has 0 aromatic heterocycles. The van der Waals surface area contributed by atoms with Crippen molar-refractivity contribution in [2.75, 3.05) is 12.3 Å². The van der Waals surface area contributed by atoms with Crippen LogP contribution in [0.2, 0.25) is 0 Å². The molecule has 3 nitrogen and oxygen atoms in total. The molecule has 1 aromatic carbocycles. The van der Waals surface area contributed by atoms with E-state index in [0.717, 1.165) is 36.6 Å². The highest BCUT2D eigenvalue weighted by Crippen LogP contribution is 2.28. The molecule has 0 aliphatic heterocycles. The lowest BCUT2D eigenvalue weighted by atomic mass is 10.0. The lowest BCUT2D eigenvalue weighted by Crippen LogP contribution is -2.25. The molecule has 3 N–H and O–H groups in total. The number of carbonyl (C=O) groups is 1. The van der Waals surface area contributed by atoms with Crippen LogP contribution in [0, 0.1) is 5.92 Å². The van der Waals surface area contributed by atoms with Crippen LogP contribution in [0.3, 0.4) is 0 Å². The van der Waals surface area contributed by atoms with Gasteiger partial charge in [0.25, 0.3) is 0 Å². The van der Waals surface area contributed by atoms with E-state index < -0.39 is 0 Å². The Labute approximate surface area is 134 Å². The molecular weight excluding hydrogens is 284 g/mol. The van der Waals surface area contributed by atoms with E-state index in [-0.39, 0.29) is 18.3 Å². The van der Waals surface area contributed by atoms with Gasteiger partial charge >= 0.3 is 0 Å². The average Bonchev–Trinajstić information content (AvgIpc) is 2.96. The number of halogens is 1. The van der Waals surface area contributed by atoms with Crippen LogP contribution in [0.15, 0.2) is 24.3 Å². The van der Waals surface area contributed by atoms with Gasteiger partial charge in [-0.05, 0) is 36.8 Å². The van der Waals surface area contributed by atoms with Crippen LogP contribution in [0.5, 0.6) is 0 Å². The summed E-state index contributed by atoms with van der Waals surface area (Å²) >= 11 is 0. The molecule has 2 rings (SSSR count). The van der Waals surface area contributed by atoms with Crippen molar-refractivity contribution in [3.8, 4) is 0 Å². The molecule has 1 aliphatic rings. The van der Waals surface area contributed by atoms with E-state index in [1.807, 2.05) is 24.3 Å². The van der Waals surface area contributed by atoms with Gasteiger partial charge in [0.1, 0.15) is 0 Å². The van der Waals surface area contributed by atoms with Gasteiger partial charge < -0.3 is 11.1 Å². The first kappa shape index (κ1) is 17.8. The molecule has 1 fully saturated rings. The van der Waals surface area contributed by atoms with Crippen LogP contribution in [0.1, 0.15) is 50.5 Å². The second-order valence-corrected chi connectivity index (χ2v) is 5.84. The SMILES string of the molecule is Cl.Nc1ccccc1CCC(=O)NCCCC1CCCC1. The molecule has 1 aromatic rings. The summed E-state index contributed by atoms with van der Waals surface area (Å²) in [5.74, 6) is 1.05. The van der Waals surface area contributed by atoms with Gasteiger partial charge in [-0.2, -0.15) is 0 Å². The lowest BCUT2D eigenvalue weighted by molar-refractivity contribution is -0.121. The van der Waals surface area contributed by atoms with Gasteiger partial charge in [-0.1, -0.05) is 43.9 Å². The van der Waals surface area contributed by atoms with Gasteiger partial charge in [0.2, 0.25) is 5.91 Å². The molecule has 21 heavy (non-hydrogen) atoms. The largest absolute Gasteiger partial charge is 0.399 e. The van der Waals surface area contributed by atoms with Crippen molar-refractivity contribution in [3.05, 3.63) is 29.8 Å². The van der Waals surface area contributed by atoms with E-state index in [4.69, 9.17) is 5.73 Å². The van der Waals surface area contributed by atoms with Crippen molar-refractivity contribution in [2.45, 2.75) is 51.4 Å². The summed E-state index contributed by atoms with van der Waals surface area (Å²) in [6.07, 6.45) is 9.21. The first-order valence-electron chi connectivity index (χ1n) is 7.86. The highest BCUT2D eigenvalue weighted by Gasteiger charge is 2.14. The summed E-state index contributed by atoms with van der Waals surface area (Å²) in [6, 6.07) is 7.75. The zero-order valence-electron chi connectivity index (χ0n) is 12.6. The van der Waals surface area contributed by atoms with Crippen molar-refractivity contribution in [2.24, 2.45) is 5.92 Å². The molecule has 118 valence electrons. The third kappa shape index (κ3) is 6.38. The Balaban J connectivity index is 0.00000220. The van der Waals surface area contributed by atoms with Gasteiger partial charge in [-0.25, -0.2) is 0 Å².